The fourth-order valence-electron chi connectivity index (χ4n) is 6.83. The highest BCUT2D eigenvalue weighted by atomic mass is 16.8. The van der Waals surface area contributed by atoms with Crippen LogP contribution in [0.25, 0.3) is 0 Å². The molecule has 10 nitrogen and oxygen atoms in total. The van der Waals surface area contributed by atoms with Gasteiger partial charge in [0, 0.05) is 39.9 Å². The van der Waals surface area contributed by atoms with Crippen molar-refractivity contribution in [3.63, 3.8) is 0 Å². The van der Waals surface area contributed by atoms with E-state index in [1.165, 1.54) is 0 Å². The Hall–Kier alpha value is -0.400. The lowest BCUT2D eigenvalue weighted by molar-refractivity contribution is -0.358. The summed E-state index contributed by atoms with van der Waals surface area (Å²) in [6.07, 6.45) is 4.82. The van der Waals surface area contributed by atoms with Crippen LogP contribution in [0.4, 0.5) is 0 Å². The van der Waals surface area contributed by atoms with E-state index < -0.39 is 23.1 Å². The van der Waals surface area contributed by atoms with Crippen molar-refractivity contribution in [3.8, 4) is 0 Å². The summed E-state index contributed by atoms with van der Waals surface area (Å²) in [5.74, 6) is -1.93. The normalized spacial score (nSPS) is 33.8. The van der Waals surface area contributed by atoms with Gasteiger partial charge in [0.25, 0.3) is 0 Å². The number of rotatable bonds is 2. The van der Waals surface area contributed by atoms with E-state index in [0.717, 1.165) is 25.7 Å². The van der Waals surface area contributed by atoms with Gasteiger partial charge in [-0.2, -0.15) is 0 Å². The van der Waals surface area contributed by atoms with Crippen LogP contribution in [0, 0.1) is 21.7 Å². The first-order valence-electron chi connectivity index (χ1n) is 20.4. The average Bonchev–Trinajstić information content (AvgIpc) is 2.92. The predicted molar refractivity (Wildman–Crippen MR) is 217 cm³/mol. The van der Waals surface area contributed by atoms with Gasteiger partial charge in [-0.05, 0) is 90.9 Å². The van der Waals surface area contributed by atoms with E-state index in [9.17, 15) is 0 Å². The van der Waals surface area contributed by atoms with Crippen molar-refractivity contribution in [1.29, 1.82) is 0 Å². The summed E-state index contributed by atoms with van der Waals surface area (Å²) >= 11 is 0. The third-order valence-corrected chi connectivity index (χ3v) is 9.80. The van der Waals surface area contributed by atoms with Gasteiger partial charge >= 0.3 is 0 Å². The van der Waals surface area contributed by atoms with Crippen LogP contribution in [0.1, 0.15) is 178 Å². The molecule has 0 aromatic heterocycles. The molecule has 0 spiro atoms. The van der Waals surface area contributed by atoms with E-state index >= 15 is 0 Å². The van der Waals surface area contributed by atoms with Gasteiger partial charge < -0.3 is 47.4 Å². The second kappa shape index (κ2) is 19.1. The molecular formula is C44H88O10. The highest BCUT2D eigenvalue weighted by molar-refractivity contribution is 4.85. The topological polar surface area (TPSA) is 92.3 Å². The number of hydrogen-bond donors (Lipinski definition) is 0. The summed E-state index contributed by atoms with van der Waals surface area (Å²) in [5, 5.41) is 0. The third-order valence-electron chi connectivity index (χ3n) is 9.80. The Balaban J connectivity index is 0.000000360. The maximum atomic E-state index is 5.89. The second-order valence-corrected chi connectivity index (χ2v) is 21.9. The molecule has 4 heterocycles. The van der Waals surface area contributed by atoms with E-state index in [2.05, 4.69) is 96.9 Å². The van der Waals surface area contributed by atoms with Crippen LogP contribution in [0.3, 0.4) is 0 Å². The molecule has 0 aliphatic carbocycles. The van der Waals surface area contributed by atoms with E-state index in [0.29, 0.717) is 24.4 Å². The van der Waals surface area contributed by atoms with Crippen molar-refractivity contribution in [2.75, 3.05) is 14.2 Å². The molecule has 0 N–H and O–H groups in total. The molecule has 4 fully saturated rings. The average molecular weight is 777 g/mol. The predicted octanol–water partition coefficient (Wildman–Crippen LogP) is 11.0. The minimum absolute atomic E-state index is 0.123. The molecule has 4 aliphatic rings. The number of hydrogen-bond acceptors (Lipinski definition) is 10. The second-order valence-electron chi connectivity index (χ2n) is 21.9. The van der Waals surface area contributed by atoms with Crippen molar-refractivity contribution < 1.29 is 47.4 Å². The highest BCUT2D eigenvalue weighted by Gasteiger charge is 2.43. The molecule has 0 radical (unpaired) electrons. The van der Waals surface area contributed by atoms with Crippen LogP contribution in [-0.2, 0) is 47.4 Å². The fourth-order valence-corrected chi connectivity index (χ4v) is 6.83. The molecule has 8 unspecified atom stereocenters. The van der Waals surface area contributed by atoms with Crippen molar-refractivity contribution in [2.24, 2.45) is 21.7 Å². The zero-order valence-electron chi connectivity index (χ0n) is 39.5. The van der Waals surface area contributed by atoms with Crippen LogP contribution < -0.4 is 0 Å². The number of ether oxygens (including phenoxy) is 10. The maximum absolute atomic E-state index is 5.89. The summed E-state index contributed by atoms with van der Waals surface area (Å²) in [6.45, 7) is 46.2. The van der Waals surface area contributed by atoms with Crippen molar-refractivity contribution in [2.45, 2.75) is 250 Å². The van der Waals surface area contributed by atoms with Crippen LogP contribution in [-0.4, -0.2) is 86.6 Å². The molecule has 0 amide bonds. The van der Waals surface area contributed by atoms with Crippen LogP contribution in [0.15, 0.2) is 0 Å². The lowest BCUT2D eigenvalue weighted by atomic mass is 9.85. The molecule has 8 atom stereocenters. The Morgan fingerprint density at radius 1 is 0.352 bits per heavy atom. The monoisotopic (exact) mass is 777 g/mol. The first-order valence-corrected chi connectivity index (χ1v) is 20.4. The summed E-state index contributed by atoms with van der Waals surface area (Å²) in [4.78, 5) is 0. The first-order chi connectivity index (χ1) is 23.9. The number of methoxy groups -OCH3 is 2. The Morgan fingerprint density at radius 2 is 0.556 bits per heavy atom. The summed E-state index contributed by atoms with van der Waals surface area (Å²) in [5.41, 5.74) is 0.653. The summed E-state index contributed by atoms with van der Waals surface area (Å²) in [6, 6.07) is 0. The molecule has 4 aliphatic heterocycles. The van der Waals surface area contributed by atoms with Crippen molar-refractivity contribution in [1.82, 2.24) is 0 Å². The Labute approximate surface area is 333 Å². The maximum Gasteiger partial charge on any atom is 0.166 e. The van der Waals surface area contributed by atoms with E-state index in [1.54, 1.807) is 14.2 Å². The lowest BCUT2D eigenvalue weighted by Gasteiger charge is -2.44. The SMILES string of the molecule is CC1CC(C(C)(C)C)OC(C)(C)O1.CC1CC(C(C)(C)C)OC(C)(C)O1.COC1CC(C(C)(C)C)OC(C)(C)O1.COC1CC(C(C)(C)C)OC(C)(C)O1. The largest absolute Gasteiger partial charge is 0.356 e. The standard InChI is InChI=1S/2C11H22O3.2C11H22O2/c2*1-10(2,3)8-7-9(12-6)14-11(4,5)13-8;2*1-8-7-9(10(2,3)4)13-11(5,6)12-8/h2*8-9H,7H2,1-6H3;2*8-9H,7H2,1-6H3. The zero-order valence-corrected chi connectivity index (χ0v) is 39.5. The van der Waals surface area contributed by atoms with Gasteiger partial charge in [0.2, 0.25) is 0 Å². The van der Waals surface area contributed by atoms with Crippen molar-refractivity contribution in [3.05, 3.63) is 0 Å². The fraction of sp³-hybridized carbons (Fsp3) is 1.00. The van der Waals surface area contributed by atoms with Crippen LogP contribution in [0.2, 0.25) is 0 Å². The van der Waals surface area contributed by atoms with Gasteiger partial charge in [-0.3, -0.25) is 0 Å². The molecule has 0 aromatic rings. The zero-order chi connectivity index (χ0) is 42.5. The lowest BCUT2D eigenvalue weighted by Crippen LogP contribution is -2.49. The van der Waals surface area contributed by atoms with E-state index in [4.69, 9.17) is 47.4 Å². The molecule has 0 saturated carbocycles. The molecule has 4 rings (SSSR count). The molecule has 4 saturated heterocycles. The minimum Gasteiger partial charge on any atom is -0.356 e. The Morgan fingerprint density at radius 3 is 0.741 bits per heavy atom. The van der Waals surface area contributed by atoms with Crippen LogP contribution >= 0.6 is 0 Å². The summed E-state index contributed by atoms with van der Waals surface area (Å²) in [7, 11) is 3.34. The Kier molecular flexibility index (Phi) is 18.3. The molecular weight excluding hydrogens is 688 g/mol. The molecule has 54 heavy (non-hydrogen) atoms. The van der Waals surface area contributed by atoms with Crippen LogP contribution in [0.5, 0.6) is 0 Å². The van der Waals surface area contributed by atoms with E-state index in [-0.39, 0.29) is 46.4 Å². The van der Waals surface area contributed by atoms with Gasteiger partial charge in [-0.15, -0.1) is 0 Å². The van der Waals surface area contributed by atoms with Gasteiger partial charge in [0.05, 0.1) is 36.6 Å². The van der Waals surface area contributed by atoms with Gasteiger partial charge in [0.1, 0.15) is 0 Å². The quantitative estimate of drug-likeness (QED) is 0.270. The summed E-state index contributed by atoms with van der Waals surface area (Å²) < 4.78 is 56.6. The smallest absolute Gasteiger partial charge is 0.166 e. The molecule has 324 valence electrons. The molecule has 0 bridgehead atoms. The molecule has 0 aromatic carbocycles. The Bertz CT molecular complexity index is 1000. The van der Waals surface area contributed by atoms with Gasteiger partial charge in [-0.25, -0.2) is 0 Å². The molecule has 10 heteroatoms. The first kappa shape index (κ1) is 51.6. The van der Waals surface area contributed by atoms with Crippen molar-refractivity contribution >= 4 is 0 Å². The van der Waals surface area contributed by atoms with E-state index in [1.807, 2.05) is 55.4 Å². The minimum atomic E-state index is -0.545. The highest BCUT2D eigenvalue weighted by Crippen LogP contribution is 2.39. The van der Waals surface area contributed by atoms with Gasteiger partial charge in [0.15, 0.2) is 35.7 Å². The third kappa shape index (κ3) is 18.9. The van der Waals surface area contributed by atoms with Gasteiger partial charge in [-0.1, -0.05) is 83.1 Å².